The molecule has 3 heterocycles. The maximum absolute atomic E-state index is 13.5. The molecule has 1 spiro atoms. The number of amides is 1. The molecule has 0 aromatic heterocycles. The van der Waals surface area contributed by atoms with Gasteiger partial charge in [-0.2, -0.15) is 0 Å². The van der Waals surface area contributed by atoms with Crippen LogP contribution in [0, 0.1) is 10.8 Å². The molecule has 4 aliphatic rings. The molecular weight excluding hydrogens is 344 g/mol. The van der Waals surface area contributed by atoms with E-state index in [0.717, 1.165) is 24.3 Å². The molecule has 2 saturated heterocycles. The van der Waals surface area contributed by atoms with Gasteiger partial charge in [0.1, 0.15) is 0 Å². The summed E-state index contributed by atoms with van der Waals surface area (Å²) in [6, 6.07) is 7.58. The molecule has 1 aromatic carbocycles. The third-order valence-corrected chi connectivity index (χ3v) is 7.73. The molecule has 3 aliphatic heterocycles. The molecule has 3 fully saturated rings. The van der Waals surface area contributed by atoms with Gasteiger partial charge in [-0.05, 0) is 37.4 Å². The lowest BCUT2D eigenvalue weighted by Gasteiger charge is -2.50. The Morgan fingerprint density at radius 2 is 2.19 bits per heavy atom. The number of aliphatic hydroxyl groups excluding tert-OH is 1. The Morgan fingerprint density at radius 1 is 1.41 bits per heavy atom. The zero-order valence-electron chi connectivity index (χ0n) is 15.4. The molecule has 27 heavy (non-hydrogen) atoms. The Labute approximate surface area is 158 Å². The lowest BCUT2D eigenvalue weighted by atomic mass is 9.57. The second-order valence-electron chi connectivity index (χ2n) is 8.35. The van der Waals surface area contributed by atoms with Crippen LogP contribution in [0.4, 0.5) is 5.69 Å². The second kappa shape index (κ2) is 5.20. The van der Waals surface area contributed by atoms with E-state index in [1.807, 2.05) is 24.3 Å². The summed E-state index contributed by atoms with van der Waals surface area (Å²) in [4.78, 5) is 29.1. The van der Waals surface area contributed by atoms with Crippen LogP contribution < -0.4 is 5.32 Å². The number of aliphatic hydroxyl groups is 1. The van der Waals surface area contributed by atoms with Crippen LogP contribution in [0.5, 0.6) is 0 Å². The van der Waals surface area contributed by atoms with Crippen molar-refractivity contribution in [2.45, 2.75) is 36.8 Å². The summed E-state index contributed by atoms with van der Waals surface area (Å²) in [5, 5.41) is 14.0. The fourth-order valence-electron chi connectivity index (χ4n) is 6.80. The van der Waals surface area contributed by atoms with Crippen molar-refractivity contribution in [3.05, 3.63) is 42.5 Å². The van der Waals surface area contributed by atoms with E-state index in [0.29, 0.717) is 12.8 Å². The van der Waals surface area contributed by atoms with Gasteiger partial charge in [0.05, 0.1) is 13.2 Å². The molecule has 0 radical (unpaired) electrons. The molecule has 0 bridgehead atoms. The minimum absolute atomic E-state index is 0.155. The summed E-state index contributed by atoms with van der Waals surface area (Å²) < 4.78 is 5.22. The van der Waals surface area contributed by atoms with E-state index in [4.69, 9.17) is 4.74 Å². The number of nitrogens with one attached hydrogen (secondary N) is 1. The highest BCUT2D eigenvalue weighted by atomic mass is 16.5. The van der Waals surface area contributed by atoms with Crippen LogP contribution in [0.3, 0.4) is 0 Å². The number of methoxy groups -OCH3 is 1. The number of para-hydroxylation sites is 1. The molecule has 1 saturated carbocycles. The number of nitrogens with zero attached hydrogens (tertiary/aromatic N) is 1. The average Bonchev–Trinajstić information content (AvgIpc) is 3.21. The van der Waals surface area contributed by atoms with Gasteiger partial charge in [0, 0.05) is 29.1 Å². The van der Waals surface area contributed by atoms with E-state index in [1.54, 1.807) is 6.08 Å². The highest BCUT2D eigenvalue weighted by Gasteiger charge is 2.81. The number of carbonyl (C=O) groups is 2. The molecule has 5 atom stereocenters. The van der Waals surface area contributed by atoms with E-state index in [-0.39, 0.29) is 18.4 Å². The molecule has 5 rings (SSSR count). The van der Waals surface area contributed by atoms with Crippen molar-refractivity contribution >= 4 is 17.6 Å². The number of carbonyl (C=O) groups excluding carboxylic acids is 2. The summed E-state index contributed by atoms with van der Waals surface area (Å²) in [7, 11) is 1.34. The highest BCUT2D eigenvalue weighted by molar-refractivity contribution is 6.14. The Kier molecular flexibility index (Phi) is 3.27. The maximum Gasteiger partial charge on any atom is 0.322 e. The van der Waals surface area contributed by atoms with Crippen LogP contribution in [0.25, 0.3) is 0 Å². The zero-order chi connectivity index (χ0) is 19.0. The lowest BCUT2D eigenvalue weighted by Crippen LogP contribution is -2.62. The van der Waals surface area contributed by atoms with Crippen molar-refractivity contribution in [2.24, 2.45) is 10.8 Å². The number of rotatable bonds is 2. The number of piperidine rings is 1. The van der Waals surface area contributed by atoms with Crippen molar-refractivity contribution in [3.63, 3.8) is 0 Å². The number of hydrogen-bond acceptors (Lipinski definition) is 5. The Hall–Kier alpha value is -2.18. The maximum atomic E-state index is 13.5. The van der Waals surface area contributed by atoms with Crippen LogP contribution in [0.2, 0.25) is 0 Å². The fourth-order valence-corrected chi connectivity index (χ4v) is 6.80. The third-order valence-electron chi connectivity index (χ3n) is 7.73. The summed E-state index contributed by atoms with van der Waals surface area (Å²) >= 11 is 0. The Balaban J connectivity index is 1.89. The number of fused-ring (bicyclic) bond motifs is 1. The number of esters is 1. The van der Waals surface area contributed by atoms with E-state index >= 15 is 0 Å². The monoisotopic (exact) mass is 368 g/mol. The number of hydrogen-bond donors (Lipinski definition) is 2. The third kappa shape index (κ3) is 1.61. The lowest BCUT2D eigenvalue weighted by molar-refractivity contribution is -0.162. The van der Waals surface area contributed by atoms with Crippen LogP contribution in [-0.4, -0.2) is 54.2 Å². The average molecular weight is 368 g/mol. The normalized spacial score (nSPS) is 41.9. The first kappa shape index (κ1) is 17.0. The first-order valence-corrected chi connectivity index (χ1v) is 9.53. The molecule has 0 unspecified atom stereocenters. The molecule has 1 amide bonds. The minimum atomic E-state index is -1.37. The van der Waals surface area contributed by atoms with Crippen molar-refractivity contribution < 1.29 is 19.4 Å². The SMILES string of the molecule is C=C[C@@]12C[C@]3(C(=O)OC)C(=O)Nc4ccccc4[C@@]34CCN(CC[C@@H]1O)[C@@H]24. The summed E-state index contributed by atoms with van der Waals surface area (Å²) in [5.74, 6) is -0.836. The van der Waals surface area contributed by atoms with Gasteiger partial charge >= 0.3 is 5.97 Å². The molecular formula is C21H24N2O4. The van der Waals surface area contributed by atoms with Crippen molar-refractivity contribution in [3.8, 4) is 0 Å². The highest BCUT2D eigenvalue weighted by Crippen LogP contribution is 2.72. The first-order valence-electron chi connectivity index (χ1n) is 9.53. The largest absolute Gasteiger partial charge is 0.468 e. The van der Waals surface area contributed by atoms with E-state index in [1.165, 1.54) is 7.11 Å². The van der Waals surface area contributed by atoms with Gasteiger partial charge in [-0.1, -0.05) is 24.3 Å². The molecule has 6 nitrogen and oxygen atoms in total. The predicted octanol–water partition coefficient (Wildman–Crippen LogP) is 1.45. The number of benzene rings is 1. The minimum Gasteiger partial charge on any atom is -0.468 e. The quantitative estimate of drug-likeness (QED) is 0.469. The smallest absolute Gasteiger partial charge is 0.322 e. The van der Waals surface area contributed by atoms with Gasteiger partial charge in [-0.25, -0.2) is 0 Å². The van der Waals surface area contributed by atoms with E-state index in [9.17, 15) is 14.7 Å². The first-order chi connectivity index (χ1) is 13.0. The van der Waals surface area contributed by atoms with Gasteiger partial charge in [-0.3, -0.25) is 14.5 Å². The Morgan fingerprint density at radius 3 is 2.93 bits per heavy atom. The van der Waals surface area contributed by atoms with E-state index in [2.05, 4.69) is 16.8 Å². The Bertz CT molecular complexity index is 869. The van der Waals surface area contributed by atoms with Crippen molar-refractivity contribution in [2.75, 3.05) is 25.5 Å². The van der Waals surface area contributed by atoms with Crippen molar-refractivity contribution in [1.82, 2.24) is 4.90 Å². The van der Waals surface area contributed by atoms with Crippen molar-refractivity contribution in [1.29, 1.82) is 0 Å². The molecule has 1 aromatic rings. The summed E-state index contributed by atoms with van der Waals surface area (Å²) in [5.41, 5.74) is -1.09. The van der Waals surface area contributed by atoms with Crippen LogP contribution in [-0.2, 0) is 19.7 Å². The zero-order valence-corrected chi connectivity index (χ0v) is 15.4. The molecule has 2 N–H and O–H groups in total. The van der Waals surface area contributed by atoms with Gasteiger partial charge < -0.3 is 15.2 Å². The van der Waals surface area contributed by atoms with E-state index < -0.39 is 28.3 Å². The molecule has 6 heteroatoms. The summed E-state index contributed by atoms with van der Waals surface area (Å²) in [6.07, 6.45) is 2.66. The summed E-state index contributed by atoms with van der Waals surface area (Å²) in [6.45, 7) is 5.59. The van der Waals surface area contributed by atoms with Gasteiger partial charge in [0.15, 0.2) is 5.41 Å². The molecule has 1 aliphatic carbocycles. The van der Waals surface area contributed by atoms with Gasteiger partial charge in [0.25, 0.3) is 0 Å². The second-order valence-corrected chi connectivity index (χ2v) is 8.35. The number of ether oxygens (including phenoxy) is 1. The fraction of sp³-hybridized carbons (Fsp3) is 0.524. The standard InChI is InChI=1S/C21H24N2O4/c1-3-19-12-21(18(26)27-2)17(25)22-14-7-5-4-6-13(14)20(21)9-11-23(16(19)20)10-8-15(19)24/h3-7,15-16,24H,1,8-12H2,2H3,(H,22,25)/t15-,16-,19+,20+,21+/m0/s1. The van der Waals surface area contributed by atoms with Gasteiger partial charge in [-0.15, -0.1) is 6.58 Å². The van der Waals surface area contributed by atoms with Crippen LogP contribution in [0.15, 0.2) is 36.9 Å². The topological polar surface area (TPSA) is 78.9 Å². The predicted molar refractivity (Wildman–Crippen MR) is 99.0 cm³/mol. The van der Waals surface area contributed by atoms with Crippen LogP contribution >= 0.6 is 0 Å². The van der Waals surface area contributed by atoms with Gasteiger partial charge in [0.2, 0.25) is 5.91 Å². The molecule has 142 valence electrons. The van der Waals surface area contributed by atoms with Crippen LogP contribution in [0.1, 0.15) is 24.8 Å². The number of anilines is 1.